The lowest BCUT2D eigenvalue weighted by Gasteiger charge is -2.33. The van der Waals surface area contributed by atoms with Crippen molar-refractivity contribution in [2.45, 2.75) is 31.2 Å². The van der Waals surface area contributed by atoms with E-state index in [0.29, 0.717) is 25.6 Å². The maximum atomic E-state index is 13.9. The molecule has 1 aliphatic carbocycles. The highest BCUT2D eigenvalue weighted by Gasteiger charge is 2.49. The highest BCUT2D eigenvalue weighted by Crippen LogP contribution is 2.41. The van der Waals surface area contributed by atoms with Crippen molar-refractivity contribution < 1.29 is 27.1 Å². The predicted molar refractivity (Wildman–Crippen MR) is 106 cm³/mol. The third-order valence-corrected chi connectivity index (χ3v) is 5.90. The first-order chi connectivity index (χ1) is 15.8. The molecule has 170 valence electrons. The molecule has 0 spiro atoms. The SMILES string of the molecule is O=C(c1ccc(F)cc1-c1ncccn1)N1C[C@H]2C[C@@H](Oc3cnc(C(F)(F)F)cn3)[C@@H]1C2. The zero-order valence-electron chi connectivity index (χ0n) is 17.0. The largest absolute Gasteiger partial charge is 0.471 e. The molecular formula is C22H17F4N5O2. The van der Waals surface area contributed by atoms with Gasteiger partial charge < -0.3 is 9.64 Å². The van der Waals surface area contributed by atoms with E-state index in [1.165, 1.54) is 30.6 Å². The van der Waals surface area contributed by atoms with Crippen LogP contribution in [0.3, 0.4) is 0 Å². The molecule has 7 nitrogen and oxygen atoms in total. The van der Waals surface area contributed by atoms with Crippen LogP contribution in [0.1, 0.15) is 28.9 Å². The second-order valence-corrected chi connectivity index (χ2v) is 8.02. The van der Waals surface area contributed by atoms with E-state index in [1.54, 1.807) is 11.0 Å². The number of amides is 1. The fraction of sp³-hybridized carbons (Fsp3) is 0.318. The first-order valence-electron chi connectivity index (χ1n) is 10.2. The van der Waals surface area contributed by atoms with E-state index in [4.69, 9.17) is 4.74 Å². The van der Waals surface area contributed by atoms with Gasteiger partial charge in [0.25, 0.3) is 5.91 Å². The fourth-order valence-corrected chi connectivity index (χ4v) is 4.49. The van der Waals surface area contributed by atoms with E-state index in [-0.39, 0.29) is 40.7 Å². The zero-order valence-corrected chi connectivity index (χ0v) is 17.0. The first-order valence-corrected chi connectivity index (χ1v) is 10.2. The molecule has 11 heteroatoms. The van der Waals surface area contributed by atoms with Crippen molar-refractivity contribution in [1.29, 1.82) is 0 Å². The van der Waals surface area contributed by atoms with Crippen molar-refractivity contribution in [3.63, 3.8) is 0 Å². The number of hydrogen-bond acceptors (Lipinski definition) is 6. The van der Waals surface area contributed by atoms with Crippen molar-refractivity contribution in [1.82, 2.24) is 24.8 Å². The molecular weight excluding hydrogens is 442 g/mol. The van der Waals surface area contributed by atoms with Crippen LogP contribution >= 0.6 is 0 Å². The molecule has 3 heterocycles. The predicted octanol–water partition coefficient (Wildman–Crippen LogP) is 3.77. The van der Waals surface area contributed by atoms with Crippen LogP contribution in [0, 0.1) is 11.7 Å². The highest BCUT2D eigenvalue weighted by atomic mass is 19.4. The second kappa shape index (κ2) is 8.05. The third kappa shape index (κ3) is 4.10. The number of alkyl halides is 3. The standard InChI is InChI=1S/C22H17F4N5O2/c23-13-2-3-14(15(8-13)20-27-4-1-5-28-20)21(32)31-11-12-6-16(31)17(7-12)33-19-10-29-18(9-30-19)22(24,25)26/h1-5,8-10,12,16-17H,6-7,11H2/t12-,16+,17-/m1/s1. The van der Waals surface area contributed by atoms with Crippen molar-refractivity contribution in [3.05, 3.63) is 66.1 Å². The van der Waals surface area contributed by atoms with Crippen LogP contribution in [-0.4, -0.2) is 49.4 Å². The molecule has 1 aliphatic heterocycles. The summed E-state index contributed by atoms with van der Waals surface area (Å²) in [7, 11) is 0. The van der Waals surface area contributed by atoms with Crippen LogP contribution in [0.2, 0.25) is 0 Å². The van der Waals surface area contributed by atoms with Crippen LogP contribution in [-0.2, 0) is 6.18 Å². The summed E-state index contributed by atoms with van der Waals surface area (Å²) >= 11 is 0. The molecule has 1 aromatic carbocycles. The number of ether oxygens (including phenoxy) is 1. The van der Waals surface area contributed by atoms with Crippen molar-refractivity contribution >= 4 is 5.91 Å². The molecule has 3 atom stereocenters. The lowest BCUT2D eigenvalue weighted by atomic mass is 10.0. The number of carbonyl (C=O) groups is 1. The summed E-state index contributed by atoms with van der Waals surface area (Å²) in [6.45, 7) is 0.508. The summed E-state index contributed by atoms with van der Waals surface area (Å²) in [5.41, 5.74) is -0.552. The summed E-state index contributed by atoms with van der Waals surface area (Å²) in [5, 5.41) is 0. The number of benzene rings is 1. The molecule has 1 saturated carbocycles. The molecule has 2 fully saturated rings. The topological polar surface area (TPSA) is 81.1 Å². The van der Waals surface area contributed by atoms with Crippen LogP contribution in [0.25, 0.3) is 11.4 Å². The molecule has 2 aliphatic rings. The average molecular weight is 459 g/mol. The van der Waals surface area contributed by atoms with E-state index in [1.807, 2.05) is 0 Å². The quantitative estimate of drug-likeness (QED) is 0.553. The van der Waals surface area contributed by atoms with Crippen molar-refractivity contribution in [2.24, 2.45) is 5.92 Å². The highest BCUT2D eigenvalue weighted by molar-refractivity contribution is 6.00. The van der Waals surface area contributed by atoms with Crippen LogP contribution in [0.15, 0.2) is 49.1 Å². The van der Waals surface area contributed by atoms with Gasteiger partial charge in [0.05, 0.1) is 24.0 Å². The molecule has 1 saturated heterocycles. The van der Waals surface area contributed by atoms with Gasteiger partial charge in [-0.1, -0.05) is 0 Å². The number of halogens is 4. The Kier molecular flexibility index (Phi) is 5.18. The molecule has 0 radical (unpaired) electrons. The van der Waals surface area contributed by atoms with E-state index in [0.717, 1.165) is 6.20 Å². The van der Waals surface area contributed by atoms with Crippen molar-refractivity contribution in [2.75, 3.05) is 6.54 Å². The van der Waals surface area contributed by atoms with Gasteiger partial charge in [-0.05, 0) is 43.0 Å². The van der Waals surface area contributed by atoms with Crippen LogP contribution < -0.4 is 4.74 Å². The Morgan fingerprint density at radius 3 is 2.52 bits per heavy atom. The fourth-order valence-electron chi connectivity index (χ4n) is 4.49. The average Bonchev–Trinajstić information content (AvgIpc) is 3.40. The van der Waals surface area contributed by atoms with Crippen molar-refractivity contribution in [3.8, 4) is 17.3 Å². The number of carbonyl (C=O) groups excluding carboxylic acids is 1. The lowest BCUT2D eigenvalue weighted by molar-refractivity contribution is -0.141. The Hall–Kier alpha value is -3.63. The summed E-state index contributed by atoms with van der Waals surface area (Å²) < 4.78 is 57.9. The Labute approximate surface area is 185 Å². The second-order valence-electron chi connectivity index (χ2n) is 8.02. The number of hydrogen-bond donors (Lipinski definition) is 0. The van der Waals surface area contributed by atoms with E-state index in [2.05, 4.69) is 19.9 Å². The number of rotatable bonds is 4. The molecule has 0 unspecified atom stereocenters. The third-order valence-electron chi connectivity index (χ3n) is 5.90. The molecule has 5 rings (SSSR count). The summed E-state index contributed by atoms with van der Waals surface area (Å²) in [6, 6.07) is 5.17. The van der Waals surface area contributed by atoms with E-state index in [9.17, 15) is 22.4 Å². The van der Waals surface area contributed by atoms with Gasteiger partial charge in [0.2, 0.25) is 5.88 Å². The molecule has 3 aromatic rings. The molecule has 33 heavy (non-hydrogen) atoms. The Morgan fingerprint density at radius 1 is 1.06 bits per heavy atom. The minimum Gasteiger partial charge on any atom is -0.471 e. The van der Waals surface area contributed by atoms with E-state index >= 15 is 0 Å². The maximum Gasteiger partial charge on any atom is 0.434 e. The zero-order chi connectivity index (χ0) is 23.2. The van der Waals surface area contributed by atoms with Gasteiger partial charge in [-0.25, -0.2) is 24.3 Å². The summed E-state index contributed by atoms with van der Waals surface area (Å²) in [6.07, 6.45) is 0.898. The number of likely N-dealkylation sites (tertiary alicyclic amines) is 1. The molecule has 1 amide bonds. The Morgan fingerprint density at radius 2 is 1.85 bits per heavy atom. The number of fused-ring (bicyclic) bond motifs is 2. The minimum absolute atomic E-state index is 0.0342. The van der Waals surface area contributed by atoms with E-state index < -0.39 is 23.8 Å². The van der Waals surface area contributed by atoms with Gasteiger partial charge >= 0.3 is 6.18 Å². The summed E-state index contributed by atoms with van der Waals surface area (Å²) in [4.78, 5) is 30.5. The minimum atomic E-state index is -4.59. The van der Waals surface area contributed by atoms with Gasteiger partial charge in [0, 0.05) is 24.5 Å². The van der Waals surface area contributed by atoms with Gasteiger partial charge in [0.1, 0.15) is 11.9 Å². The van der Waals surface area contributed by atoms with Gasteiger partial charge in [-0.3, -0.25) is 4.79 Å². The van der Waals surface area contributed by atoms with Gasteiger partial charge in [-0.15, -0.1) is 0 Å². The Balaban J connectivity index is 1.37. The number of nitrogens with zero attached hydrogens (tertiary/aromatic N) is 5. The van der Waals surface area contributed by atoms with Crippen LogP contribution in [0.5, 0.6) is 5.88 Å². The number of aromatic nitrogens is 4. The van der Waals surface area contributed by atoms with Crippen LogP contribution in [0.4, 0.5) is 17.6 Å². The molecule has 2 aromatic heterocycles. The normalized spacial score (nSPS) is 21.9. The molecule has 0 N–H and O–H groups in total. The lowest BCUT2D eigenvalue weighted by Crippen LogP contribution is -2.47. The van der Waals surface area contributed by atoms with Gasteiger partial charge in [0.15, 0.2) is 11.5 Å². The maximum absolute atomic E-state index is 13.9. The number of piperidine rings is 1. The summed E-state index contributed by atoms with van der Waals surface area (Å²) in [5.74, 6) is -0.440. The van der Waals surface area contributed by atoms with Gasteiger partial charge in [-0.2, -0.15) is 13.2 Å². The Bertz CT molecular complexity index is 1170. The monoisotopic (exact) mass is 459 g/mol. The molecule has 2 bridgehead atoms. The smallest absolute Gasteiger partial charge is 0.434 e. The first kappa shape index (κ1) is 21.2.